The van der Waals surface area contributed by atoms with E-state index in [-0.39, 0.29) is 11.7 Å². The molecule has 20 heteroatoms. The molecule has 2 rings (SSSR count). The monoisotopic (exact) mass is 553 g/mol. The summed E-state index contributed by atoms with van der Waals surface area (Å²) in [6.07, 6.45) is -2.66. The molecule has 34 heavy (non-hydrogen) atoms. The van der Waals surface area contributed by atoms with Crippen LogP contribution in [0.15, 0.2) is 29.2 Å². The highest BCUT2D eigenvalue weighted by Gasteiger charge is 2.56. The molecule has 2 heterocycles. The van der Waals surface area contributed by atoms with E-state index in [4.69, 9.17) is 20.3 Å². The Morgan fingerprint density at radius 3 is 2.41 bits per heavy atom. The molecular formula is C14H23FN3O13P3. The molecule has 1 aliphatic heterocycles. The molecule has 194 valence electrons. The zero-order valence-electron chi connectivity index (χ0n) is 17.5. The van der Waals surface area contributed by atoms with Crippen LogP contribution in [0.1, 0.15) is 20.1 Å². The van der Waals surface area contributed by atoms with Gasteiger partial charge in [-0.05, 0) is 12.0 Å². The van der Waals surface area contributed by atoms with E-state index >= 15 is 4.39 Å². The van der Waals surface area contributed by atoms with Gasteiger partial charge in [0.15, 0.2) is 12.4 Å². The molecule has 0 saturated carbocycles. The quantitative estimate of drug-likeness (QED) is 0.169. The van der Waals surface area contributed by atoms with Gasteiger partial charge in [-0.25, -0.2) is 22.9 Å². The van der Waals surface area contributed by atoms with Crippen molar-refractivity contribution in [2.45, 2.75) is 38.0 Å². The number of nitrogens with zero attached hydrogens (tertiary/aromatic N) is 2. The summed E-state index contributed by atoms with van der Waals surface area (Å²) >= 11 is 0. The summed E-state index contributed by atoms with van der Waals surface area (Å²) in [6.45, 7) is 2.19. The van der Waals surface area contributed by atoms with Crippen LogP contribution in [0.2, 0.25) is 0 Å². The maximum Gasteiger partial charge on any atom is 0.490 e. The number of nitrogens with two attached hydrogens (primary N) is 1. The van der Waals surface area contributed by atoms with E-state index in [9.17, 15) is 33.4 Å². The first-order valence-electron chi connectivity index (χ1n) is 9.19. The van der Waals surface area contributed by atoms with E-state index in [1.54, 1.807) is 13.8 Å². The molecule has 0 spiro atoms. The Hall–Kier alpha value is -1.32. The Labute approximate surface area is 191 Å². The standard InChI is InChI=1S/C14H23FN3O13P3/c1-8(2)3-5-14(7-28-33(24,25)31-34(26,27)30-32(21,22)23)11(19)10(15)12(29-14)18-6-4-9(16)17-13(18)20/h3-6,8,10-12,19H,7H2,1-2H3,(H,24,25)(H,26,27)(H2,16,17,20)(H2,21,22,23)/t10-,11+,12-,14-/m1/s1. The second-order valence-electron chi connectivity index (χ2n) is 7.36. The van der Waals surface area contributed by atoms with Crippen LogP contribution in [-0.2, 0) is 31.6 Å². The number of hydrogen-bond acceptors (Lipinski definition) is 11. The number of ether oxygens (including phenoxy) is 1. The highest BCUT2D eigenvalue weighted by molar-refractivity contribution is 7.66. The van der Waals surface area contributed by atoms with E-state index in [1.807, 2.05) is 0 Å². The largest absolute Gasteiger partial charge is 0.490 e. The molecule has 1 saturated heterocycles. The minimum absolute atomic E-state index is 0.172. The third-order valence-corrected chi connectivity index (χ3v) is 7.96. The molecule has 0 radical (unpaired) electrons. The molecule has 7 N–H and O–H groups in total. The average molecular weight is 553 g/mol. The Morgan fingerprint density at radius 1 is 1.26 bits per heavy atom. The normalized spacial score (nSPS) is 29.4. The second-order valence-corrected chi connectivity index (χ2v) is 11.8. The Morgan fingerprint density at radius 2 is 1.88 bits per heavy atom. The highest BCUT2D eigenvalue weighted by atomic mass is 31.3. The van der Waals surface area contributed by atoms with Crippen molar-refractivity contribution in [3.63, 3.8) is 0 Å². The lowest BCUT2D eigenvalue weighted by molar-refractivity contribution is -0.0968. The number of nitrogen functional groups attached to an aromatic ring is 1. The van der Waals surface area contributed by atoms with E-state index in [0.29, 0.717) is 4.57 Å². The number of aromatic nitrogens is 2. The van der Waals surface area contributed by atoms with Crippen molar-refractivity contribution in [3.8, 4) is 0 Å². The SMILES string of the molecule is CC(C)C=C[C@]1(COP(=O)(O)OP(=O)(O)OP(=O)(O)O)O[C@@H](n2ccc(N)nc2=O)[C@H](F)[C@@H]1O. The van der Waals surface area contributed by atoms with Crippen LogP contribution in [0.3, 0.4) is 0 Å². The van der Waals surface area contributed by atoms with E-state index < -0.39 is 59.9 Å². The maximum absolute atomic E-state index is 15.0. The van der Waals surface area contributed by atoms with Crippen LogP contribution < -0.4 is 11.4 Å². The van der Waals surface area contributed by atoms with Crippen molar-refractivity contribution in [1.29, 1.82) is 0 Å². The zero-order valence-corrected chi connectivity index (χ0v) is 20.2. The summed E-state index contributed by atoms with van der Waals surface area (Å²) in [7, 11) is -17.0. The molecule has 0 bridgehead atoms. The van der Waals surface area contributed by atoms with E-state index in [0.717, 1.165) is 18.3 Å². The molecule has 1 fully saturated rings. The van der Waals surface area contributed by atoms with Crippen molar-refractivity contribution in [1.82, 2.24) is 9.55 Å². The van der Waals surface area contributed by atoms with Gasteiger partial charge in [0.05, 0.1) is 6.61 Å². The number of alkyl halides is 1. The summed E-state index contributed by atoms with van der Waals surface area (Å²) in [5.41, 5.74) is 2.13. The second kappa shape index (κ2) is 10.3. The first kappa shape index (κ1) is 28.9. The Balaban J connectivity index is 2.34. The molecule has 0 aromatic carbocycles. The number of rotatable bonds is 10. The number of aliphatic hydroxyl groups is 1. The molecule has 1 aliphatic rings. The third kappa shape index (κ3) is 7.59. The van der Waals surface area contributed by atoms with Crippen LogP contribution in [-0.4, -0.2) is 58.7 Å². The molecule has 1 aromatic heterocycles. The fourth-order valence-electron chi connectivity index (χ4n) is 2.76. The molecule has 6 atom stereocenters. The van der Waals surface area contributed by atoms with Crippen LogP contribution in [0.25, 0.3) is 0 Å². The first-order valence-corrected chi connectivity index (χ1v) is 13.7. The van der Waals surface area contributed by atoms with Gasteiger partial charge >= 0.3 is 29.2 Å². The Kier molecular flexibility index (Phi) is 8.80. The van der Waals surface area contributed by atoms with Crippen molar-refractivity contribution in [2.75, 3.05) is 12.3 Å². The molecule has 1 aromatic rings. The lowest BCUT2D eigenvalue weighted by atomic mass is 9.94. The predicted octanol–water partition coefficient (Wildman–Crippen LogP) is 0.348. The maximum atomic E-state index is 15.0. The topological polar surface area (TPSA) is 250 Å². The van der Waals surface area contributed by atoms with Crippen molar-refractivity contribution in [3.05, 3.63) is 34.9 Å². The van der Waals surface area contributed by atoms with Crippen LogP contribution in [0.4, 0.5) is 10.2 Å². The number of allylic oxidation sites excluding steroid dienone is 1. The summed E-state index contributed by atoms with van der Waals surface area (Å²) < 4.78 is 67.3. The van der Waals surface area contributed by atoms with Crippen LogP contribution in [0, 0.1) is 5.92 Å². The minimum atomic E-state index is -5.81. The molecular weight excluding hydrogens is 530 g/mol. The fourth-order valence-corrected chi connectivity index (χ4v) is 5.82. The van der Waals surface area contributed by atoms with Gasteiger partial charge in [-0.3, -0.25) is 9.09 Å². The van der Waals surface area contributed by atoms with Gasteiger partial charge in [0, 0.05) is 6.20 Å². The summed E-state index contributed by atoms with van der Waals surface area (Å²) in [5.74, 6) is -0.383. The van der Waals surface area contributed by atoms with Crippen molar-refractivity contribution >= 4 is 29.3 Å². The van der Waals surface area contributed by atoms with Gasteiger partial charge in [0.1, 0.15) is 17.5 Å². The molecule has 0 amide bonds. The molecule has 16 nitrogen and oxygen atoms in total. The zero-order chi connectivity index (χ0) is 26.1. The summed E-state index contributed by atoms with van der Waals surface area (Å²) in [5, 5.41) is 10.5. The van der Waals surface area contributed by atoms with Gasteiger partial charge in [-0.2, -0.15) is 13.6 Å². The number of anilines is 1. The molecule has 2 unspecified atom stereocenters. The summed E-state index contributed by atoms with van der Waals surface area (Å²) in [4.78, 5) is 51.6. The Bertz CT molecular complexity index is 1120. The average Bonchev–Trinajstić information content (AvgIpc) is 2.88. The summed E-state index contributed by atoms with van der Waals surface area (Å²) in [6, 6.07) is 1.15. The van der Waals surface area contributed by atoms with Crippen LogP contribution in [0.5, 0.6) is 0 Å². The lowest BCUT2D eigenvalue weighted by Crippen LogP contribution is -2.44. The van der Waals surface area contributed by atoms with Gasteiger partial charge in [0.25, 0.3) is 0 Å². The number of phosphoric acid groups is 3. The van der Waals surface area contributed by atoms with Gasteiger partial charge < -0.3 is 35.2 Å². The van der Waals surface area contributed by atoms with Gasteiger partial charge in [-0.15, -0.1) is 0 Å². The molecule has 0 aliphatic carbocycles. The van der Waals surface area contributed by atoms with E-state index in [2.05, 4.69) is 18.1 Å². The number of aliphatic hydroxyl groups excluding tert-OH is 1. The number of phosphoric ester groups is 1. The van der Waals surface area contributed by atoms with Gasteiger partial charge in [-0.1, -0.05) is 26.0 Å². The fraction of sp³-hybridized carbons (Fsp3) is 0.571. The van der Waals surface area contributed by atoms with Crippen molar-refractivity contribution < 1.29 is 60.6 Å². The first-order chi connectivity index (χ1) is 15.4. The van der Waals surface area contributed by atoms with E-state index in [1.165, 1.54) is 6.08 Å². The smallest absolute Gasteiger partial charge is 0.386 e. The number of halogens is 1. The minimum Gasteiger partial charge on any atom is -0.386 e. The lowest BCUT2D eigenvalue weighted by Gasteiger charge is -2.29. The van der Waals surface area contributed by atoms with Gasteiger partial charge in [0.2, 0.25) is 0 Å². The highest BCUT2D eigenvalue weighted by Crippen LogP contribution is 2.66. The number of hydrogen-bond donors (Lipinski definition) is 6. The third-order valence-electron chi connectivity index (χ3n) is 4.17. The predicted molar refractivity (Wildman–Crippen MR) is 110 cm³/mol. The van der Waals surface area contributed by atoms with Crippen molar-refractivity contribution in [2.24, 2.45) is 5.92 Å². The van der Waals surface area contributed by atoms with Crippen LogP contribution >= 0.6 is 23.5 Å².